The van der Waals surface area contributed by atoms with Crippen LogP contribution in [0.5, 0.6) is 0 Å². The van der Waals surface area contributed by atoms with Gasteiger partial charge in [0.1, 0.15) is 0 Å². The van der Waals surface area contributed by atoms with Crippen molar-refractivity contribution in [2.24, 2.45) is 11.7 Å². The van der Waals surface area contributed by atoms with Crippen molar-refractivity contribution in [1.82, 2.24) is 5.32 Å². The summed E-state index contributed by atoms with van der Waals surface area (Å²) in [5, 5.41) is 2.78. The van der Waals surface area contributed by atoms with Gasteiger partial charge in [0, 0.05) is 33.5 Å². The third-order valence-corrected chi connectivity index (χ3v) is 2.19. The second kappa shape index (κ2) is 10.5. The van der Waals surface area contributed by atoms with E-state index in [4.69, 9.17) is 15.2 Å². The van der Waals surface area contributed by atoms with Crippen molar-refractivity contribution in [2.45, 2.75) is 32.7 Å². The van der Waals surface area contributed by atoms with Gasteiger partial charge in [0.2, 0.25) is 5.91 Å². The van der Waals surface area contributed by atoms with Gasteiger partial charge in [0.15, 0.2) is 0 Å². The van der Waals surface area contributed by atoms with Gasteiger partial charge >= 0.3 is 0 Å². The zero-order valence-corrected chi connectivity index (χ0v) is 11.2. The van der Waals surface area contributed by atoms with Crippen LogP contribution < -0.4 is 11.1 Å². The fourth-order valence-corrected chi connectivity index (χ4v) is 1.21. The fraction of sp³-hybridized carbons (Fsp3) is 0.917. The summed E-state index contributed by atoms with van der Waals surface area (Å²) < 4.78 is 10.3. The van der Waals surface area contributed by atoms with E-state index in [1.165, 1.54) is 0 Å². The van der Waals surface area contributed by atoms with Crippen LogP contribution in [0.3, 0.4) is 0 Å². The Labute approximate surface area is 104 Å². The van der Waals surface area contributed by atoms with Crippen LogP contribution in [0.4, 0.5) is 0 Å². The molecule has 5 nitrogen and oxygen atoms in total. The van der Waals surface area contributed by atoms with Gasteiger partial charge in [-0.15, -0.1) is 0 Å². The molecule has 5 heteroatoms. The summed E-state index contributed by atoms with van der Waals surface area (Å²) in [4.78, 5) is 11.5. The molecule has 0 bridgehead atoms. The summed E-state index contributed by atoms with van der Waals surface area (Å²) in [7, 11) is 1.59. The summed E-state index contributed by atoms with van der Waals surface area (Å²) in [6.07, 6.45) is 1.36. The second-order valence-electron chi connectivity index (χ2n) is 4.50. The maximum atomic E-state index is 11.5. The van der Waals surface area contributed by atoms with Crippen molar-refractivity contribution in [3.63, 3.8) is 0 Å². The van der Waals surface area contributed by atoms with E-state index in [-0.39, 0.29) is 5.91 Å². The molecule has 0 heterocycles. The van der Waals surface area contributed by atoms with Crippen LogP contribution in [0.15, 0.2) is 0 Å². The summed E-state index contributed by atoms with van der Waals surface area (Å²) in [6.45, 7) is 6.77. The van der Waals surface area contributed by atoms with Crippen LogP contribution in [0, 0.1) is 5.92 Å². The number of ether oxygens (including phenoxy) is 2. The Kier molecular flexibility index (Phi) is 10.1. The van der Waals surface area contributed by atoms with Crippen LogP contribution in [0.2, 0.25) is 0 Å². The zero-order valence-electron chi connectivity index (χ0n) is 11.2. The molecular formula is C12H26N2O3. The third-order valence-electron chi connectivity index (χ3n) is 2.19. The minimum absolute atomic E-state index is 0.120. The molecule has 0 saturated carbocycles. The van der Waals surface area contributed by atoms with Gasteiger partial charge in [-0.3, -0.25) is 4.79 Å². The highest BCUT2D eigenvalue weighted by molar-refractivity contribution is 5.81. The van der Waals surface area contributed by atoms with Crippen LogP contribution in [-0.4, -0.2) is 45.4 Å². The molecule has 0 spiro atoms. The van der Waals surface area contributed by atoms with Crippen molar-refractivity contribution in [3.8, 4) is 0 Å². The Morgan fingerprint density at radius 3 is 2.65 bits per heavy atom. The van der Waals surface area contributed by atoms with Gasteiger partial charge in [-0.1, -0.05) is 13.8 Å². The minimum atomic E-state index is -0.480. The number of nitrogens with two attached hydrogens (primary N) is 1. The van der Waals surface area contributed by atoms with Gasteiger partial charge in [0.05, 0.1) is 6.04 Å². The predicted molar refractivity (Wildman–Crippen MR) is 67.8 cm³/mol. The molecule has 17 heavy (non-hydrogen) atoms. The molecule has 1 unspecified atom stereocenters. The molecule has 102 valence electrons. The van der Waals surface area contributed by atoms with Gasteiger partial charge < -0.3 is 20.5 Å². The first-order valence-electron chi connectivity index (χ1n) is 6.18. The highest BCUT2D eigenvalue weighted by atomic mass is 16.5. The first-order chi connectivity index (χ1) is 8.07. The van der Waals surface area contributed by atoms with Gasteiger partial charge in [-0.25, -0.2) is 0 Å². The smallest absolute Gasteiger partial charge is 0.237 e. The van der Waals surface area contributed by atoms with Crippen LogP contribution in [-0.2, 0) is 14.3 Å². The van der Waals surface area contributed by atoms with Crippen molar-refractivity contribution >= 4 is 5.91 Å². The maximum absolute atomic E-state index is 11.5. The Bertz CT molecular complexity index is 198. The Hall–Kier alpha value is -0.650. The van der Waals surface area contributed by atoms with Crippen LogP contribution >= 0.6 is 0 Å². The first kappa shape index (κ1) is 16.4. The lowest BCUT2D eigenvalue weighted by Gasteiger charge is -2.12. The molecule has 0 fully saturated rings. The number of hydrogen-bond acceptors (Lipinski definition) is 4. The van der Waals surface area contributed by atoms with E-state index in [0.717, 1.165) is 13.0 Å². The molecule has 1 amide bonds. The lowest BCUT2D eigenvalue weighted by atomic mass is 10.2. The number of carbonyl (C=O) groups is 1. The number of amides is 1. The summed E-state index contributed by atoms with van der Waals surface area (Å²) in [5.74, 6) is 0.429. The molecule has 0 aliphatic carbocycles. The van der Waals surface area contributed by atoms with E-state index >= 15 is 0 Å². The quantitative estimate of drug-likeness (QED) is 0.551. The number of rotatable bonds is 10. The number of nitrogens with one attached hydrogen (secondary N) is 1. The molecule has 0 radical (unpaired) electrons. The topological polar surface area (TPSA) is 73.6 Å². The lowest BCUT2D eigenvalue weighted by Crippen LogP contribution is -2.41. The highest BCUT2D eigenvalue weighted by Crippen LogP contribution is 1.93. The first-order valence-corrected chi connectivity index (χ1v) is 6.18. The molecule has 0 aliphatic heterocycles. The van der Waals surface area contributed by atoms with Gasteiger partial charge in [-0.2, -0.15) is 0 Å². The predicted octanol–water partition coefficient (Wildman–Crippen LogP) is 0.529. The minimum Gasteiger partial charge on any atom is -0.385 e. The van der Waals surface area contributed by atoms with E-state index in [1.54, 1.807) is 7.11 Å². The molecule has 0 aromatic rings. The summed E-state index contributed by atoms with van der Waals surface area (Å²) in [6, 6.07) is -0.480. The van der Waals surface area contributed by atoms with Crippen molar-refractivity contribution in [2.75, 3.05) is 33.5 Å². The summed E-state index contributed by atoms with van der Waals surface area (Å²) in [5.41, 5.74) is 5.66. The molecule has 3 N–H and O–H groups in total. The van der Waals surface area contributed by atoms with Gasteiger partial charge in [0.25, 0.3) is 0 Å². The second-order valence-corrected chi connectivity index (χ2v) is 4.50. The molecule has 0 aromatic heterocycles. The average Bonchev–Trinajstić information content (AvgIpc) is 2.29. The molecule has 0 rings (SSSR count). The molecular weight excluding hydrogens is 220 g/mol. The summed E-state index contributed by atoms with van der Waals surface area (Å²) >= 11 is 0. The van der Waals surface area contributed by atoms with E-state index in [9.17, 15) is 4.79 Å². The molecule has 1 atom stereocenters. The monoisotopic (exact) mass is 246 g/mol. The number of methoxy groups -OCH3 is 1. The van der Waals surface area contributed by atoms with Crippen molar-refractivity contribution in [1.29, 1.82) is 0 Å². The third kappa shape index (κ3) is 10.2. The Balaban J connectivity index is 3.38. The van der Waals surface area contributed by atoms with Crippen molar-refractivity contribution < 1.29 is 14.3 Å². The normalized spacial score (nSPS) is 12.8. The van der Waals surface area contributed by atoms with Crippen LogP contribution in [0.1, 0.15) is 26.7 Å². The van der Waals surface area contributed by atoms with E-state index in [0.29, 0.717) is 32.1 Å². The lowest BCUT2D eigenvalue weighted by molar-refractivity contribution is -0.122. The Morgan fingerprint density at radius 2 is 2.06 bits per heavy atom. The average molecular weight is 246 g/mol. The largest absolute Gasteiger partial charge is 0.385 e. The van der Waals surface area contributed by atoms with E-state index < -0.39 is 6.04 Å². The highest BCUT2D eigenvalue weighted by Gasteiger charge is 2.11. The molecule has 0 aromatic carbocycles. The van der Waals surface area contributed by atoms with Crippen molar-refractivity contribution in [3.05, 3.63) is 0 Å². The molecule has 0 saturated heterocycles. The maximum Gasteiger partial charge on any atom is 0.237 e. The van der Waals surface area contributed by atoms with E-state index in [2.05, 4.69) is 19.2 Å². The van der Waals surface area contributed by atoms with E-state index in [1.807, 2.05) is 0 Å². The van der Waals surface area contributed by atoms with Gasteiger partial charge in [-0.05, 0) is 18.8 Å². The zero-order chi connectivity index (χ0) is 13.1. The van der Waals surface area contributed by atoms with Crippen LogP contribution in [0.25, 0.3) is 0 Å². The number of hydrogen-bond donors (Lipinski definition) is 2. The standard InChI is InChI=1S/C12H26N2O3/c1-10(2)9-17-7-4-6-14-12(15)11(13)5-8-16-3/h10-11H,4-9,13H2,1-3H3,(H,14,15). The SMILES string of the molecule is COCCC(N)C(=O)NCCCOCC(C)C. The Morgan fingerprint density at radius 1 is 1.35 bits per heavy atom. The number of carbonyl (C=O) groups excluding carboxylic acids is 1. The fourth-order valence-electron chi connectivity index (χ4n) is 1.21. The molecule has 0 aliphatic rings.